The maximum atomic E-state index is 14.1. The second-order valence-corrected chi connectivity index (χ2v) is 13.7. The quantitative estimate of drug-likeness (QED) is 0.125. The zero-order valence-corrected chi connectivity index (χ0v) is 28.0. The fraction of sp³-hybridized carbons (Fsp3) is 0.306. The first-order valence-corrected chi connectivity index (χ1v) is 16.9. The van der Waals surface area contributed by atoms with E-state index in [0.717, 1.165) is 16.8 Å². The third-order valence-corrected chi connectivity index (χ3v) is 9.27. The van der Waals surface area contributed by atoms with Crippen molar-refractivity contribution in [3.63, 3.8) is 0 Å². The number of carbonyl (C=O) groups is 1. The van der Waals surface area contributed by atoms with Crippen LogP contribution in [0.2, 0.25) is 0 Å². The Morgan fingerprint density at radius 2 is 1.70 bits per heavy atom. The summed E-state index contributed by atoms with van der Waals surface area (Å²) in [6.07, 6.45) is 0.380. The van der Waals surface area contributed by atoms with Crippen LogP contribution in [-0.4, -0.2) is 46.3 Å². The molecule has 0 fully saturated rings. The number of nitrogens with zero attached hydrogens (tertiary/aromatic N) is 1. The van der Waals surface area contributed by atoms with E-state index >= 15 is 0 Å². The maximum absolute atomic E-state index is 14.1. The van der Waals surface area contributed by atoms with E-state index in [9.17, 15) is 17.6 Å². The summed E-state index contributed by atoms with van der Waals surface area (Å²) < 4.78 is 57.0. The normalized spacial score (nSPS) is 13.9. The number of hydrogen-bond donors (Lipinski definition) is 2. The molecular formula is C36H40FN3O6S. The van der Waals surface area contributed by atoms with Gasteiger partial charge in [0.1, 0.15) is 35.2 Å². The van der Waals surface area contributed by atoms with Crippen LogP contribution in [0.5, 0.6) is 17.2 Å². The van der Waals surface area contributed by atoms with Gasteiger partial charge in [0.25, 0.3) is 5.91 Å². The van der Waals surface area contributed by atoms with Gasteiger partial charge in [0.15, 0.2) is 0 Å². The van der Waals surface area contributed by atoms with Gasteiger partial charge in [-0.15, -0.1) is 0 Å². The van der Waals surface area contributed by atoms with Crippen molar-refractivity contribution in [2.24, 2.45) is 0 Å². The molecule has 1 amide bonds. The lowest BCUT2D eigenvalue weighted by Gasteiger charge is -2.39. The molecule has 0 aromatic heterocycles. The first-order chi connectivity index (χ1) is 22.4. The number of aryl methyl sites for hydroxylation is 1. The molecule has 4 aromatic rings. The van der Waals surface area contributed by atoms with E-state index in [1.54, 1.807) is 30.1 Å². The van der Waals surface area contributed by atoms with E-state index in [1.165, 1.54) is 25.3 Å². The molecule has 0 radical (unpaired) electrons. The van der Waals surface area contributed by atoms with Crippen molar-refractivity contribution in [1.29, 1.82) is 0 Å². The highest BCUT2D eigenvalue weighted by Crippen LogP contribution is 2.45. The molecule has 0 aliphatic carbocycles. The molecule has 2 N–H and O–H groups in total. The smallest absolute Gasteiger partial charge is 0.309 e. The first kappa shape index (κ1) is 33.7. The SMILES string of the molecule is COc1cc(OS(=O)(=O)CCCNCc2ccccc2)ccc1-c1ccc2c(c1COc1cc(F)ccc1C)N(C)C(=O)C(C)(C)N2. The number of ether oxygens (including phenoxy) is 2. The summed E-state index contributed by atoms with van der Waals surface area (Å²) in [5, 5.41) is 6.57. The van der Waals surface area contributed by atoms with Crippen molar-refractivity contribution < 1.29 is 31.3 Å². The van der Waals surface area contributed by atoms with Crippen LogP contribution in [-0.2, 0) is 28.1 Å². The van der Waals surface area contributed by atoms with Crippen molar-refractivity contribution in [3.8, 4) is 28.4 Å². The predicted octanol–water partition coefficient (Wildman–Crippen LogP) is 6.44. The predicted molar refractivity (Wildman–Crippen MR) is 182 cm³/mol. The third kappa shape index (κ3) is 7.86. The molecule has 4 aromatic carbocycles. The molecule has 47 heavy (non-hydrogen) atoms. The second kappa shape index (κ2) is 14.0. The van der Waals surface area contributed by atoms with Crippen molar-refractivity contribution in [3.05, 3.63) is 101 Å². The van der Waals surface area contributed by atoms with Crippen LogP contribution in [0, 0.1) is 12.7 Å². The van der Waals surface area contributed by atoms with Gasteiger partial charge in [-0.1, -0.05) is 42.5 Å². The zero-order chi connectivity index (χ0) is 33.8. The number of hydrogen-bond acceptors (Lipinski definition) is 8. The summed E-state index contributed by atoms with van der Waals surface area (Å²) in [5.41, 5.74) is 4.38. The van der Waals surface area contributed by atoms with Crippen molar-refractivity contribution in [1.82, 2.24) is 5.32 Å². The number of likely N-dealkylation sites (N-methyl/N-ethyl adjacent to an activating group) is 1. The van der Waals surface area contributed by atoms with Crippen LogP contribution in [0.15, 0.2) is 78.9 Å². The van der Waals surface area contributed by atoms with E-state index in [0.29, 0.717) is 53.4 Å². The second-order valence-electron chi connectivity index (χ2n) is 12.0. The number of methoxy groups -OCH3 is 1. The zero-order valence-electron chi connectivity index (χ0n) is 27.2. The molecule has 0 unspecified atom stereocenters. The number of carbonyl (C=O) groups excluding carboxylic acids is 1. The van der Waals surface area contributed by atoms with Crippen LogP contribution in [0.1, 0.15) is 37.0 Å². The van der Waals surface area contributed by atoms with E-state index in [1.807, 2.05) is 63.2 Å². The third-order valence-electron chi connectivity index (χ3n) is 8.03. The van der Waals surface area contributed by atoms with E-state index < -0.39 is 21.5 Å². The molecule has 0 atom stereocenters. The standard InChI is InChI=1S/C36H40FN3O6S/c1-24-12-13-26(37)20-32(24)45-23-30-28(16-17-31-34(30)40(4)35(41)36(2,3)39-31)29-15-14-27(21-33(29)44-5)46-47(42,43)19-9-18-38-22-25-10-7-6-8-11-25/h6-8,10-17,20-21,38-39H,9,18-19,22-23H2,1-5H3. The summed E-state index contributed by atoms with van der Waals surface area (Å²) in [6, 6.07) is 22.8. The van der Waals surface area contributed by atoms with Crippen molar-refractivity contribution >= 4 is 27.4 Å². The largest absolute Gasteiger partial charge is 0.496 e. The van der Waals surface area contributed by atoms with Crippen molar-refractivity contribution in [2.45, 2.75) is 45.9 Å². The van der Waals surface area contributed by atoms with E-state index in [2.05, 4.69) is 10.6 Å². The van der Waals surface area contributed by atoms with E-state index in [4.69, 9.17) is 13.7 Å². The van der Waals surface area contributed by atoms with Crippen LogP contribution in [0.25, 0.3) is 11.1 Å². The van der Waals surface area contributed by atoms with Gasteiger partial charge in [0.2, 0.25) is 0 Å². The number of halogens is 1. The number of fused-ring (bicyclic) bond motifs is 1. The lowest BCUT2D eigenvalue weighted by Crippen LogP contribution is -2.52. The number of rotatable bonds is 13. The minimum absolute atomic E-state index is 0.0105. The molecule has 1 heterocycles. The summed E-state index contributed by atoms with van der Waals surface area (Å²) in [6.45, 7) is 6.62. The molecule has 0 spiro atoms. The fourth-order valence-electron chi connectivity index (χ4n) is 5.65. The summed E-state index contributed by atoms with van der Waals surface area (Å²) in [4.78, 5) is 14.9. The van der Waals surface area contributed by atoms with Crippen molar-refractivity contribution in [2.75, 3.05) is 36.7 Å². The Balaban J connectivity index is 1.40. The molecule has 0 saturated heterocycles. The van der Waals surface area contributed by atoms with Gasteiger partial charge in [0.05, 0.1) is 24.2 Å². The Hall–Kier alpha value is -4.61. The molecular weight excluding hydrogens is 621 g/mol. The van der Waals surface area contributed by atoms with E-state index in [-0.39, 0.29) is 24.0 Å². The van der Waals surface area contributed by atoms with Crippen LogP contribution in [0.3, 0.4) is 0 Å². The molecule has 1 aliphatic heterocycles. The summed E-state index contributed by atoms with van der Waals surface area (Å²) >= 11 is 0. The number of anilines is 2. The molecule has 0 saturated carbocycles. The van der Waals surface area contributed by atoms with Crippen LogP contribution < -0.4 is 29.2 Å². The van der Waals surface area contributed by atoms with Gasteiger partial charge in [0, 0.05) is 36.9 Å². The van der Waals surface area contributed by atoms with Gasteiger partial charge in [-0.25, -0.2) is 4.39 Å². The highest BCUT2D eigenvalue weighted by atomic mass is 32.2. The molecule has 9 nitrogen and oxygen atoms in total. The fourth-order valence-corrected chi connectivity index (χ4v) is 6.62. The Morgan fingerprint density at radius 3 is 2.45 bits per heavy atom. The first-order valence-electron chi connectivity index (χ1n) is 15.3. The van der Waals surface area contributed by atoms with Gasteiger partial charge in [-0.2, -0.15) is 8.42 Å². The lowest BCUT2D eigenvalue weighted by atomic mass is 9.91. The van der Waals surface area contributed by atoms with Crippen LogP contribution >= 0.6 is 0 Å². The Bertz CT molecular complexity index is 1860. The van der Waals surface area contributed by atoms with Gasteiger partial charge in [-0.05, 0) is 74.7 Å². The topological polar surface area (TPSA) is 106 Å². The van der Waals surface area contributed by atoms with Gasteiger partial charge < -0.3 is 29.2 Å². The lowest BCUT2D eigenvalue weighted by molar-refractivity contribution is -0.121. The minimum Gasteiger partial charge on any atom is -0.496 e. The summed E-state index contributed by atoms with van der Waals surface area (Å²) in [5.74, 6) is 0.138. The maximum Gasteiger partial charge on any atom is 0.309 e. The monoisotopic (exact) mass is 661 g/mol. The molecule has 5 rings (SSSR count). The molecule has 11 heteroatoms. The Labute approximate surface area is 275 Å². The minimum atomic E-state index is -3.87. The Kier molecular flexibility index (Phi) is 10.1. The van der Waals surface area contributed by atoms with Gasteiger partial charge in [-0.3, -0.25) is 4.79 Å². The molecule has 0 bridgehead atoms. The molecule has 1 aliphatic rings. The number of benzene rings is 4. The average molecular weight is 662 g/mol. The highest BCUT2D eigenvalue weighted by Gasteiger charge is 2.38. The highest BCUT2D eigenvalue weighted by molar-refractivity contribution is 7.87. The molecule has 248 valence electrons. The number of nitrogens with one attached hydrogen (secondary N) is 2. The van der Waals surface area contributed by atoms with Crippen LogP contribution in [0.4, 0.5) is 15.8 Å². The Morgan fingerprint density at radius 1 is 0.957 bits per heavy atom. The summed E-state index contributed by atoms with van der Waals surface area (Å²) in [7, 11) is -0.677. The van der Waals surface area contributed by atoms with Gasteiger partial charge >= 0.3 is 10.1 Å². The average Bonchev–Trinajstić information content (AvgIpc) is 3.04. The number of amides is 1.